The van der Waals surface area contributed by atoms with Crippen LogP contribution in [0, 0.1) is 9.39 Å². The molecule has 0 atom stereocenters. The van der Waals surface area contributed by atoms with Gasteiger partial charge in [0.05, 0.1) is 5.69 Å². The molecule has 19 heavy (non-hydrogen) atoms. The Hall–Kier alpha value is -1.51. The van der Waals surface area contributed by atoms with E-state index in [-0.39, 0.29) is 11.6 Å². The van der Waals surface area contributed by atoms with Crippen LogP contribution in [0.5, 0.6) is 0 Å². The van der Waals surface area contributed by atoms with Crippen LogP contribution in [-0.2, 0) is 6.42 Å². The van der Waals surface area contributed by atoms with Crippen molar-refractivity contribution in [3.05, 3.63) is 39.2 Å². The fourth-order valence-corrected chi connectivity index (χ4v) is 2.37. The molecule has 0 saturated carbocycles. The van der Waals surface area contributed by atoms with Gasteiger partial charge in [0.2, 0.25) is 0 Å². The first-order valence-electron chi connectivity index (χ1n) is 5.67. The molecule has 0 aliphatic heterocycles. The highest BCUT2D eigenvalue weighted by Crippen LogP contribution is 2.19. The van der Waals surface area contributed by atoms with Crippen LogP contribution in [0.2, 0.25) is 0 Å². The Morgan fingerprint density at radius 2 is 2.26 bits per heavy atom. The first kappa shape index (κ1) is 13.9. The van der Waals surface area contributed by atoms with Gasteiger partial charge in [-0.25, -0.2) is 18.9 Å². The van der Waals surface area contributed by atoms with Crippen LogP contribution < -0.4 is 0 Å². The van der Waals surface area contributed by atoms with E-state index in [1.807, 2.05) is 29.5 Å². The summed E-state index contributed by atoms with van der Waals surface area (Å²) in [6.07, 6.45) is 1.42. The molecule has 5 nitrogen and oxygen atoms in total. The smallest absolute Gasteiger partial charge is 0.375 e. The zero-order valence-electron chi connectivity index (χ0n) is 10.1. The summed E-state index contributed by atoms with van der Waals surface area (Å²) in [7, 11) is 0. The van der Waals surface area contributed by atoms with Gasteiger partial charge in [0.15, 0.2) is 0 Å². The fraction of sp³-hybridized carbons (Fsp3) is 0.250. The van der Waals surface area contributed by atoms with Crippen LogP contribution in [0.1, 0.15) is 29.8 Å². The number of halogens is 2. The highest BCUT2D eigenvalue weighted by Gasteiger charge is 2.17. The number of nitrogens with zero attached hydrogens (tertiary/aromatic N) is 3. The molecule has 0 fully saturated rings. The minimum absolute atomic E-state index is 0.247. The maximum absolute atomic E-state index is 13.1. The molecule has 0 bridgehead atoms. The fourth-order valence-electron chi connectivity index (χ4n) is 1.67. The lowest BCUT2D eigenvalue weighted by atomic mass is 10.3. The Labute approximate surface area is 122 Å². The first-order valence-corrected chi connectivity index (χ1v) is 6.75. The van der Waals surface area contributed by atoms with Crippen molar-refractivity contribution in [2.75, 3.05) is 0 Å². The van der Waals surface area contributed by atoms with Crippen LogP contribution in [0.4, 0.5) is 4.39 Å². The van der Waals surface area contributed by atoms with E-state index < -0.39 is 5.97 Å². The van der Waals surface area contributed by atoms with Crippen molar-refractivity contribution in [2.45, 2.75) is 19.8 Å². The molecule has 0 radical (unpaired) electrons. The van der Waals surface area contributed by atoms with E-state index in [0.717, 1.165) is 6.42 Å². The highest BCUT2D eigenvalue weighted by atomic mass is 127. The Morgan fingerprint density at radius 3 is 2.84 bits per heavy atom. The lowest BCUT2D eigenvalue weighted by molar-refractivity contribution is 0.0683. The van der Waals surface area contributed by atoms with Gasteiger partial charge < -0.3 is 5.11 Å². The topological polar surface area (TPSA) is 68.0 Å². The molecule has 0 unspecified atom stereocenters. The Kier molecular flexibility index (Phi) is 4.13. The molecule has 7 heteroatoms. The quantitative estimate of drug-likeness (QED) is 0.835. The predicted octanol–water partition coefficient (Wildman–Crippen LogP) is 2.66. The summed E-state index contributed by atoms with van der Waals surface area (Å²) < 4.78 is 15.2. The SMILES string of the molecule is CCCc1nc(C(=O)O)nn1-c1ccc(F)cc1I. The van der Waals surface area contributed by atoms with E-state index in [4.69, 9.17) is 5.11 Å². The zero-order chi connectivity index (χ0) is 14.0. The molecule has 2 rings (SSSR count). The van der Waals surface area contributed by atoms with E-state index in [2.05, 4.69) is 10.1 Å². The van der Waals surface area contributed by atoms with Crippen molar-refractivity contribution in [3.8, 4) is 5.69 Å². The number of carbonyl (C=O) groups is 1. The molecule has 0 saturated heterocycles. The molecular formula is C12H11FIN3O2. The average Bonchev–Trinajstić information content (AvgIpc) is 2.74. The van der Waals surface area contributed by atoms with E-state index in [1.54, 1.807) is 6.07 Å². The second-order valence-corrected chi connectivity index (χ2v) is 5.08. The maximum atomic E-state index is 13.1. The van der Waals surface area contributed by atoms with Gasteiger partial charge in [-0.2, -0.15) is 0 Å². The third kappa shape index (κ3) is 2.91. The molecule has 0 amide bonds. The second kappa shape index (κ2) is 5.64. The minimum atomic E-state index is -1.17. The van der Waals surface area contributed by atoms with E-state index >= 15 is 0 Å². The molecule has 1 aromatic carbocycles. The summed E-state index contributed by atoms with van der Waals surface area (Å²) >= 11 is 1.99. The van der Waals surface area contributed by atoms with Crippen LogP contribution in [0.15, 0.2) is 18.2 Å². The molecule has 0 spiro atoms. The molecule has 100 valence electrons. The summed E-state index contributed by atoms with van der Waals surface area (Å²) in [6.45, 7) is 1.97. The van der Waals surface area contributed by atoms with Gasteiger partial charge in [0, 0.05) is 9.99 Å². The molecule has 2 aromatic rings. The van der Waals surface area contributed by atoms with Crippen LogP contribution >= 0.6 is 22.6 Å². The van der Waals surface area contributed by atoms with E-state index in [9.17, 15) is 9.18 Å². The van der Waals surface area contributed by atoms with Crippen molar-refractivity contribution in [3.63, 3.8) is 0 Å². The summed E-state index contributed by atoms with van der Waals surface area (Å²) in [6, 6.07) is 4.25. The first-order chi connectivity index (χ1) is 9.02. The number of rotatable bonds is 4. The zero-order valence-corrected chi connectivity index (χ0v) is 12.3. The monoisotopic (exact) mass is 375 g/mol. The van der Waals surface area contributed by atoms with Gasteiger partial charge >= 0.3 is 5.97 Å². The van der Waals surface area contributed by atoms with Gasteiger partial charge in [-0.15, -0.1) is 5.10 Å². The van der Waals surface area contributed by atoms with Crippen molar-refractivity contribution in [1.82, 2.24) is 14.8 Å². The lowest BCUT2D eigenvalue weighted by Crippen LogP contribution is -2.06. The van der Waals surface area contributed by atoms with Crippen molar-refractivity contribution < 1.29 is 14.3 Å². The predicted molar refractivity (Wildman–Crippen MR) is 75.0 cm³/mol. The number of aryl methyl sites for hydroxylation is 1. The standard InChI is InChI=1S/C12H11FIN3O2/c1-2-3-10-15-11(12(18)19)16-17(10)9-5-4-7(13)6-8(9)14/h4-6H,2-3H2,1H3,(H,18,19). The van der Waals surface area contributed by atoms with E-state index in [0.29, 0.717) is 21.5 Å². The molecule has 1 aromatic heterocycles. The summed E-state index contributed by atoms with van der Waals surface area (Å²) in [5.74, 6) is -1.20. The highest BCUT2D eigenvalue weighted by molar-refractivity contribution is 14.1. The van der Waals surface area contributed by atoms with Gasteiger partial charge in [-0.05, 0) is 47.2 Å². The van der Waals surface area contributed by atoms with E-state index in [1.165, 1.54) is 16.8 Å². The number of aromatic nitrogens is 3. The number of aromatic carboxylic acids is 1. The molecule has 1 N–H and O–H groups in total. The van der Waals surface area contributed by atoms with Crippen molar-refractivity contribution in [1.29, 1.82) is 0 Å². The third-order valence-corrected chi connectivity index (χ3v) is 3.34. The van der Waals surface area contributed by atoms with Gasteiger partial charge in [0.1, 0.15) is 11.6 Å². The molecule has 0 aliphatic rings. The number of hydrogen-bond acceptors (Lipinski definition) is 3. The second-order valence-electron chi connectivity index (χ2n) is 3.91. The maximum Gasteiger partial charge on any atom is 0.375 e. The number of benzene rings is 1. The van der Waals surface area contributed by atoms with Crippen LogP contribution in [0.25, 0.3) is 5.69 Å². The average molecular weight is 375 g/mol. The Balaban J connectivity index is 2.56. The molecule has 1 heterocycles. The summed E-state index contributed by atoms with van der Waals surface area (Å²) in [5.41, 5.74) is 0.630. The summed E-state index contributed by atoms with van der Waals surface area (Å²) in [5, 5.41) is 12.9. The van der Waals surface area contributed by atoms with Gasteiger partial charge in [-0.1, -0.05) is 6.92 Å². The third-order valence-electron chi connectivity index (χ3n) is 2.48. The Morgan fingerprint density at radius 1 is 1.53 bits per heavy atom. The number of carboxylic acid groups (broad SMARTS) is 1. The number of carboxylic acids is 1. The van der Waals surface area contributed by atoms with Crippen LogP contribution in [-0.4, -0.2) is 25.8 Å². The minimum Gasteiger partial charge on any atom is -0.475 e. The van der Waals surface area contributed by atoms with Crippen molar-refractivity contribution in [2.24, 2.45) is 0 Å². The molecular weight excluding hydrogens is 364 g/mol. The number of hydrogen-bond donors (Lipinski definition) is 1. The largest absolute Gasteiger partial charge is 0.475 e. The summed E-state index contributed by atoms with van der Waals surface area (Å²) in [4.78, 5) is 14.9. The van der Waals surface area contributed by atoms with Gasteiger partial charge in [0.25, 0.3) is 5.82 Å². The van der Waals surface area contributed by atoms with Gasteiger partial charge in [-0.3, -0.25) is 0 Å². The van der Waals surface area contributed by atoms with Crippen LogP contribution in [0.3, 0.4) is 0 Å². The van der Waals surface area contributed by atoms with Crippen molar-refractivity contribution >= 4 is 28.6 Å². The Bertz CT molecular complexity index is 627. The lowest BCUT2D eigenvalue weighted by Gasteiger charge is -2.07. The normalized spacial score (nSPS) is 10.7. The molecule has 0 aliphatic carbocycles.